The molecule has 0 bridgehead atoms. The third-order valence-electron chi connectivity index (χ3n) is 2.42. The van der Waals surface area contributed by atoms with Gasteiger partial charge in [-0.05, 0) is 25.7 Å². The van der Waals surface area contributed by atoms with Gasteiger partial charge >= 0.3 is 6.03 Å². The Morgan fingerprint density at radius 2 is 1.92 bits per heavy atom. The predicted octanol–water partition coefficient (Wildman–Crippen LogP) is -0.229. The zero-order chi connectivity index (χ0) is 9.84. The fourth-order valence-corrected chi connectivity index (χ4v) is 1.54. The van der Waals surface area contributed by atoms with E-state index in [1.54, 1.807) is 0 Å². The van der Waals surface area contributed by atoms with E-state index in [0.29, 0.717) is 6.04 Å². The summed E-state index contributed by atoms with van der Waals surface area (Å²) in [6.07, 6.45) is 3.89. The molecular weight excluding hydrogens is 168 g/mol. The summed E-state index contributed by atoms with van der Waals surface area (Å²) in [4.78, 5) is 11.2. The number of amides is 2. The van der Waals surface area contributed by atoms with Gasteiger partial charge in [-0.3, -0.25) is 5.01 Å². The minimum Gasteiger partial charge on any atom is -0.334 e. The lowest BCUT2D eigenvalue weighted by Crippen LogP contribution is -2.48. The first-order valence-corrected chi connectivity index (χ1v) is 4.64. The number of hydrazine groups is 1. The van der Waals surface area contributed by atoms with Crippen LogP contribution >= 0.6 is 0 Å². The fourth-order valence-electron chi connectivity index (χ4n) is 1.54. The molecule has 0 aliphatic heterocycles. The van der Waals surface area contributed by atoms with E-state index in [1.165, 1.54) is 7.05 Å². The second kappa shape index (κ2) is 4.43. The Morgan fingerprint density at radius 3 is 2.38 bits per heavy atom. The molecule has 76 valence electrons. The molecule has 1 aliphatic rings. The number of hydrogen-bond acceptors (Lipinski definition) is 3. The first kappa shape index (κ1) is 10.3. The van der Waals surface area contributed by atoms with Gasteiger partial charge in [-0.15, -0.1) is 0 Å². The van der Waals surface area contributed by atoms with Gasteiger partial charge in [0, 0.05) is 19.1 Å². The van der Waals surface area contributed by atoms with Gasteiger partial charge in [-0.1, -0.05) is 0 Å². The van der Waals surface area contributed by atoms with Gasteiger partial charge in [0.05, 0.1) is 0 Å². The van der Waals surface area contributed by atoms with Crippen LogP contribution in [0.4, 0.5) is 4.79 Å². The summed E-state index contributed by atoms with van der Waals surface area (Å²) in [6, 6.07) is 0.336. The molecule has 0 heterocycles. The zero-order valence-corrected chi connectivity index (χ0v) is 7.99. The highest BCUT2D eigenvalue weighted by Gasteiger charge is 2.20. The van der Waals surface area contributed by atoms with Crippen LogP contribution in [0, 0.1) is 0 Å². The fraction of sp³-hybridized carbons (Fsp3) is 0.875. The van der Waals surface area contributed by atoms with E-state index in [0.717, 1.165) is 30.7 Å². The molecule has 13 heavy (non-hydrogen) atoms. The van der Waals surface area contributed by atoms with Crippen LogP contribution in [0.2, 0.25) is 0 Å². The van der Waals surface area contributed by atoms with Gasteiger partial charge in [-0.2, -0.15) is 0 Å². The summed E-state index contributed by atoms with van der Waals surface area (Å²) in [5.74, 6) is 5.28. The monoisotopic (exact) mass is 186 g/mol. The van der Waals surface area contributed by atoms with E-state index >= 15 is 0 Å². The van der Waals surface area contributed by atoms with Gasteiger partial charge in [0.25, 0.3) is 0 Å². The summed E-state index contributed by atoms with van der Waals surface area (Å²) in [5.41, 5.74) is 5.74. The smallest absolute Gasteiger partial charge is 0.331 e. The van der Waals surface area contributed by atoms with Crippen LogP contribution in [0.3, 0.4) is 0 Å². The molecule has 0 radical (unpaired) electrons. The minimum atomic E-state index is -0.222. The number of urea groups is 1. The number of carbonyl (C=O) groups is 1. The van der Waals surface area contributed by atoms with Crippen molar-refractivity contribution in [2.24, 2.45) is 11.6 Å². The molecule has 0 aromatic heterocycles. The molecule has 0 aromatic carbocycles. The van der Waals surface area contributed by atoms with Crippen LogP contribution in [-0.4, -0.2) is 30.2 Å². The van der Waals surface area contributed by atoms with E-state index in [4.69, 9.17) is 11.6 Å². The average Bonchev–Trinajstić information content (AvgIpc) is 2.08. The average molecular weight is 186 g/mol. The van der Waals surface area contributed by atoms with Crippen LogP contribution in [0.15, 0.2) is 0 Å². The first-order valence-electron chi connectivity index (χ1n) is 4.64. The summed E-state index contributed by atoms with van der Waals surface area (Å²) in [7, 11) is 1.53. The molecule has 1 aliphatic carbocycles. The Labute approximate surface area is 78.4 Å². The largest absolute Gasteiger partial charge is 0.334 e. The van der Waals surface area contributed by atoms with E-state index in [1.807, 2.05) is 0 Å². The second-order valence-electron chi connectivity index (χ2n) is 3.67. The molecule has 0 atom stereocenters. The predicted molar refractivity (Wildman–Crippen MR) is 50.7 cm³/mol. The summed E-state index contributed by atoms with van der Waals surface area (Å²) in [5, 5.41) is 3.91. The third-order valence-corrected chi connectivity index (χ3v) is 2.42. The zero-order valence-electron chi connectivity index (χ0n) is 7.99. The quantitative estimate of drug-likeness (QED) is 0.300. The molecule has 5 nitrogen and oxygen atoms in total. The molecule has 5 N–H and O–H groups in total. The van der Waals surface area contributed by atoms with Crippen LogP contribution in [-0.2, 0) is 0 Å². The SMILES string of the molecule is CN(N)C(=O)NC1CCC(N)CC1. The van der Waals surface area contributed by atoms with Gasteiger partial charge < -0.3 is 11.1 Å². The highest BCUT2D eigenvalue weighted by atomic mass is 16.2. The highest BCUT2D eigenvalue weighted by Crippen LogP contribution is 2.16. The molecule has 0 spiro atoms. The summed E-state index contributed by atoms with van der Waals surface area (Å²) < 4.78 is 0. The maximum absolute atomic E-state index is 11.2. The first-order chi connectivity index (χ1) is 6.09. The molecule has 0 unspecified atom stereocenters. The van der Waals surface area contributed by atoms with E-state index in [-0.39, 0.29) is 12.1 Å². The molecule has 2 amide bonds. The standard InChI is InChI=1S/C8H18N4O/c1-12(10)8(13)11-7-4-2-6(9)3-5-7/h6-7H,2-5,9-10H2,1H3,(H,11,13). The van der Waals surface area contributed by atoms with Gasteiger partial charge in [0.2, 0.25) is 0 Å². The number of nitrogens with zero attached hydrogens (tertiary/aromatic N) is 1. The lowest BCUT2D eigenvalue weighted by Gasteiger charge is -2.27. The van der Waals surface area contributed by atoms with Crippen molar-refractivity contribution < 1.29 is 4.79 Å². The number of hydrogen-bond donors (Lipinski definition) is 3. The van der Waals surface area contributed by atoms with Crippen LogP contribution in [0.5, 0.6) is 0 Å². The van der Waals surface area contributed by atoms with Crippen LogP contribution in [0.25, 0.3) is 0 Å². The Bertz CT molecular complexity index is 175. The molecule has 0 saturated heterocycles. The van der Waals surface area contributed by atoms with Crippen molar-refractivity contribution in [1.29, 1.82) is 0 Å². The minimum absolute atomic E-state index is 0.222. The van der Waals surface area contributed by atoms with Crippen molar-refractivity contribution >= 4 is 6.03 Å². The van der Waals surface area contributed by atoms with E-state index in [2.05, 4.69) is 5.32 Å². The van der Waals surface area contributed by atoms with Crippen molar-refractivity contribution in [2.75, 3.05) is 7.05 Å². The number of carbonyl (C=O) groups excluding carboxylic acids is 1. The Hall–Kier alpha value is -0.810. The second-order valence-corrected chi connectivity index (χ2v) is 3.67. The molecule has 1 saturated carbocycles. The maximum atomic E-state index is 11.2. The molecule has 5 heteroatoms. The molecule has 0 aromatic rings. The normalized spacial score (nSPS) is 28.2. The highest BCUT2D eigenvalue weighted by molar-refractivity contribution is 5.73. The molecule has 1 fully saturated rings. The van der Waals surface area contributed by atoms with Crippen molar-refractivity contribution in [1.82, 2.24) is 10.3 Å². The Morgan fingerprint density at radius 1 is 1.38 bits per heavy atom. The van der Waals surface area contributed by atoms with Gasteiger partial charge in [0.15, 0.2) is 0 Å². The molecule has 1 rings (SSSR count). The number of nitrogens with two attached hydrogens (primary N) is 2. The topological polar surface area (TPSA) is 84.4 Å². The van der Waals surface area contributed by atoms with Gasteiger partial charge in [0.1, 0.15) is 0 Å². The molecular formula is C8H18N4O. The Kier molecular flexibility index (Phi) is 3.50. The van der Waals surface area contributed by atoms with Crippen LogP contribution in [0.1, 0.15) is 25.7 Å². The van der Waals surface area contributed by atoms with Crippen molar-refractivity contribution in [3.63, 3.8) is 0 Å². The third kappa shape index (κ3) is 3.20. The lowest BCUT2D eigenvalue weighted by atomic mass is 9.92. The lowest BCUT2D eigenvalue weighted by molar-refractivity contribution is 0.200. The van der Waals surface area contributed by atoms with Crippen LogP contribution < -0.4 is 16.9 Å². The van der Waals surface area contributed by atoms with E-state index in [9.17, 15) is 4.79 Å². The Balaban J connectivity index is 2.26. The summed E-state index contributed by atoms with van der Waals surface area (Å²) in [6.45, 7) is 0. The number of nitrogens with one attached hydrogen (secondary N) is 1. The summed E-state index contributed by atoms with van der Waals surface area (Å²) >= 11 is 0. The van der Waals surface area contributed by atoms with Crippen molar-refractivity contribution in [2.45, 2.75) is 37.8 Å². The van der Waals surface area contributed by atoms with E-state index < -0.39 is 0 Å². The van der Waals surface area contributed by atoms with Crippen molar-refractivity contribution in [3.8, 4) is 0 Å². The number of rotatable bonds is 1. The van der Waals surface area contributed by atoms with Gasteiger partial charge in [-0.25, -0.2) is 10.6 Å². The van der Waals surface area contributed by atoms with Crippen molar-refractivity contribution in [3.05, 3.63) is 0 Å². The maximum Gasteiger partial charge on any atom is 0.331 e.